The van der Waals surface area contributed by atoms with Crippen molar-refractivity contribution in [2.24, 2.45) is 7.05 Å². The van der Waals surface area contributed by atoms with Gasteiger partial charge < -0.3 is 0 Å². The van der Waals surface area contributed by atoms with E-state index in [2.05, 4.69) is 51.6 Å². The lowest BCUT2D eigenvalue weighted by Crippen LogP contribution is -1.95. The van der Waals surface area contributed by atoms with Crippen molar-refractivity contribution in [3.05, 3.63) is 57.1 Å². The van der Waals surface area contributed by atoms with Crippen LogP contribution in [-0.2, 0) is 7.05 Å². The Bertz CT molecular complexity index is 837. The topological polar surface area (TPSA) is 22.2 Å². The molecule has 3 rings (SSSR count). The van der Waals surface area contributed by atoms with E-state index in [1.165, 1.54) is 5.56 Å². The van der Waals surface area contributed by atoms with Crippen LogP contribution in [-0.4, -0.2) is 9.78 Å². The maximum atomic E-state index is 7.57. The van der Waals surface area contributed by atoms with Gasteiger partial charge in [0.25, 0.3) is 0 Å². The van der Waals surface area contributed by atoms with Crippen LogP contribution in [0.3, 0.4) is 0 Å². The highest BCUT2D eigenvalue weighted by Crippen LogP contribution is 2.40. The Balaban J connectivity index is 2.47. The van der Waals surface area contributed by atoms with Crippen LogP contribution in [0.1, 0.15) is 5.56 Å². The molecule has 0 fully saturated rings. The van der Waals surface area contributed by atoms with E-state index in [0.29, 0.717) is 5.69 Å². The molecule has 0 saturated heterocycles. The fourth-order valence-corrected chi connectivity index (χ4v) is 3.32. The molecule has 0 aliphatic heterocycles. The van der Waals surface area contributed by atoms with Gasteiger partial charge >= 0.3 is 0 Å². The summed E-state index contributed by atoms with van der Waals surface area (Å²) in [7, 11) is 1.91. The van der Waals surface area contributed by atoms with Crippen molar-refractivity contribution >= 4 is 39.1 Å². The van der Waals surface area contributed by atoms with Crippen LogP contribution in [0.2, 0.25) is 0 Å². The van der Waals surface area contributed by atoms with Gasteiger partial charge in [-0.2, -0.15) is 5.10 Å². The maximum Gasteiger partial charge on any atom is 0.204 e. The number of benzene rings is 2. The minimum Gasteiger partial charge on any atom is -0.268 e. The molecule has 20 heavy (non-hydrogen) atoms. The van der Waals surface area contributed by atoms with Gasteiger partial charge in [-0.3, -0.25) is 4.68 Å². The van der Waals surface area contributed by atoms with Crippen LogP contribution in [0.5, 0.6) is 0 Å². The van der Waals surface area contributed by atoms with E-state index in [-0.39, 0.29) is 0 Å². The number of aromatic nitrogens is 2. The van der Waals surface area contributed by atoms with Gasteiger partial charge in [-0.25, -0.2) is 4.85 Å². The van der Waals surface area contributed by atoms with Crippen LogP contribution in [0.4, 0.5) is 5.69 Å². The number of fused-ring (bicyclic) bond motifs is 1. The molecule has 0 bridgehead atoms. The van der Waals surface area contributed by atoms with E-state index in [1.807, 2.05) is 36.1 Å². The van der Waals surface area contributed by atoms with Crippen LogP contribution >= 0.6 is 22.6 Å². The highest BCUT2D eigenvalue weighted by atomic mass is 127. The molecule has 3 nitrogen and oxygen atoms in total. The third kappa shape index (κ3) is 1.90. The standard InChI is InChI=1S/C16H12IN3/c1-10-8-13(16-14(17)9-19-20(16)3)15(18-2)12-7-5-4-6-11(10)12/h4-9H,1,3H3. The Labute approximate surface area is 131 Å². The monoisotopic (exact) mass is 373 g/mol. The SMILES string of the molecule is [C-]#[N+]c1c(-c2c(I)cnn2C)cc(C)c2ccccc12. The predicted octanol–water partition coefficient (Wildman–Crippen LogP) is 4.70. The van der Waals surface area contributed by atoms with Crippen molar-refractivity contribution in [3.8, 4) is 11.3 Å². The van der Waals surface area contributed by atoms with E-state index in [1.54, 1.807) is 0 Å². The van der Waals surface area contributed by atoms with E-state index < -0.39 is 0 Å². The Hall–Kier alpha value is -1.87. The first kappa shape index (κ1) is 13.1. The van der Waals surface area contributed by atoms with Crippen molar-refractivity contribution in [1.29, 1.82) is 0 Å². The molecule has 3 aromatic rings. The van der Waals surface area contributed by atoms with Gasteiger partial charge in [0.15, 0.2) is 0 Å². The molecule has 0 aliphatic carbocycles. The van der Waals surface area contributed by atoms with Crippen LogP contribution < -0.4 is 0 Å². The van der Waals surface area contributed by atoms with E-state index in [4.69, 9.17) is 6.57 Å². The third-order valence-electron chi connectivity index (χ3n) is 3.48. The fraction of sp³-hybridized carbons (Fsp3) is 0.125. The summed E-state index contributed by atoms with van der Waals surface area (Å²) in [6.07, 6.45) is 1.83. The summed E-state index contributed by atoms with van der Waals surface area (Å²) >= 11 is 2.27. The first-order chi connectivity index (χ1) is 9.63. The second kappa shape index (κ2) is 4.91. The maximum absolute atomic E-state index is 7.57. The first-order valence-electron chi connectivity index (χ1n) is 6.21. The summed E-state index contributed by atoms with van der Waals surface area (Å²) in [5, 5.41) is 6.43. The van der Waals surface area contributed by atoms with Crippen molar-refractivity contribution in [3.63, 3.8) is 0 Å². The zero-order valence-corrected chi connectivity index (χ0v) is 13.3. The molecule has 0 unspecified atom stereocenters. The second-order valence-corrected chi connectivity index (χ2v) is 5.87. The van der Waals surface area contributed by atoms with Gasteiger partial charge in [0.05, 0.1) is 22.0 Å². The summed E-state index contributed by atoms with van der Waals surface area (Å²) < 4.78 is 2.89. The van der Waals surface area contributed by atoms with Gasteiger partial charge in [-0.15, -0.1) is 0 Å². The smallest absolute Gasteiger partial charge is 0.204 e. The Morgan fingerprint density at radius 1 is 1.25 bits per heavy atom. The third-order valence-corrected chi connectivity index (χ3v) is 4.27. The summed E-state index contributed by atoms with van der Waals surface area (Å²) in [6.45, 7) is 9.66. The van der Waals surface area contributed by atoms with Crippen molar-refractivity contribution in [1.82, 2.24) is 9.78 Å². The summed E-state index contributed by atoms with van der Waals surface area (Å²) in [5.41, 5.74) is 3.85. The normalized spacial score (nSPS) is 10.7. The molecule has 0 saturated carbocycles. The lowest BCUT2D eigenvalue weighted by molar-refractivity contribution is 0.776. The van der Waals surface area contributed by atoms with Gasteiger partial charge in [-0.05, 0) is 45.9 Å². The minimum atomic E-state index is 0.702. The highest BCUT2D eigenvalue weighted by Gasteiger charge is 2.16. The highest BCUT2D eigenvalue weighted by molar-refractivity contribution is 14.1. The van der Waals surface area contributed by atoms with Gasteiger partial charge in [-0.1, -0.05) is 30.3 Å². The quantitative estimate of drug-likeness (QED) is 0.448. The lowest BCUT2D eigenvalue weighted by Gasteiger charge is -2.11. The zero-order chi connectivity index (χ0) is 14.3. The molecular formula is C16H12IN3. The average molecular weight is 373 g/mol. The molecule has 2 aromatic carbocycles. The summed E-state index contributed by atoms with van der Waals surface area (Å²) in [6, 6.07) is 10.2. The molecule has 0 N–H and O–H groups in total. The molecule has 0 spiro atoms. The van der Waals surface area contributed by atoms with Gasteiger partial charge in [0.1, 0.15) is 0 Å². The molecule has 98 valence electrons. The number of aryl methyl sites for hydroxylation is 2. The Morgan fingerprint density at radius 3 is 2.55 bits per heavy atom. The Kier molecular flexibility index (Phi) is 3.22. The minimum absolute atomic E-state index is 0.702. The number of hydrogen-bond acceptors (Lipinski definition) is 1. The van der Waals surface area contributed by atoms with Crippen LogP contribution in [0.15, 0.2) is 36.5 Å². The Morgan fingerprint density at radius 2 is 1.95 bits per heavy atom. The molecule has 4 heteroatoms. The summed E-state index contributed by atoms with van der Waals surface area (Å²) in [4.78, 5) is 3.78. The van der Waals surface area contributed by atoms with E-state index in [0.717, 1.165) is 25.6 Å². The number of nitrogens with zero attached hydrogens (tertiary/aromatic N) is 3. The van der Waals surface area contributed by atoms with Gasteiger partial charge in [0, 0.05) is 12.6 Å². The van der Waals surface area contributed by atoms with Crippen molar-refractivity contribution < 1.29 is 0 Å². The molecule has 0 aliphatic rings. The van der Waals surface area contributed by atoms with E-state index >= 15 is 0 Å². The predicted molar refractivity (Wildman–Crippen MR) is 89.9 cm³/mol. The van der Waals surface area contributed by atoms with Gasteiger partial charge in [0.2, 0.25) is 5.69 Å². The molecule has 1 heterocycles. The number of hydrogen-bond donors (Lipinski definition) is 0. The first-order valence-corrected chi connectivity index (χ1v) is 7.29. The van der Waals surface area contributed by atoms with Crippen molar-refractivity contribution in [2.45, 2.75) is 6.92 Å². The average Bonchev–Trinajstić information content (AvgIpc) is 2.78. The van der Waals surface area contributed by atoms with Crippen molar-refractivity contribution in [2.75, 3.05) is 0 Å². The van der Waals surface area contributed by atoms with Crippen LogP contribution in [0, 0.1) is 17.1 Å². The largest absolute Gasteiger partial charge is 0.268 e. The molecule has 0 radical (unpaired) electrons. The second-order valence-electron chi connectivity index (χ2n) is 4.71. The zero-order valence-electron chi connectivity index (χ0n) is 11.2. The fourth-order valence-electron chi connectivity index (χ4n) is 2.56. The van der Waals surface area contributed by atoms with E-state index in [9.17, 15) is 0 Å². The van der Waals surface area contributed by atoms with Crippen LogP contribution in [0.25, 0.3) is 26.9 Å². The molecular weight excluding hydrogens is 361 g/mol. The molecule has 0 atom stereocenters. The number of halogens is 1. The lowest BCUT2D eigenvalue weighted by atomic mass is 9.97. The summed E-state index contributed by atoms with van der Waals surface area (Å²) in [5.74, 6) is 0. The number of rotatable bonds is 1. The molecule has 1 aromatic heterocycles. The molecule has 0 amide bonds.